The van der Waals surface area contributed by atoms with Crippen LogP contribution >= 0.6 is 0 Å². The number of benzene rings is 1. The van der Waals surface area contributed by atoms with Gasteiger partial charge in [-0.05, 0) is 76.2 Å². The number of nitrogens with two attached hydrogens (primary N) is 1. The van der Waals surface area contributed by atoms with Gasteiger partial charge in [0.05, 0.1) is 24.7 Å². The summed E-state index contributed by atoms with van der Waals surface area (Å²) in [6, 6.07) is 0. The molecule has 0 aliphatic carbocycles. The second-order valence-electron chi connectivity index (χ2n) is 7.52. The fraction of sp³-hybridized carbons (Fsp3) is 0.611. The smallest absolute Gasteiger partial charge is 0.469 e. The van der Waals surface area contributed by atoms with Crippen LogP contribution in [0.4, 0.5) is 5.69 Å². The van der Waals surface area contributed by atoms with E-state index in [-0.39, 0.29) is 12.4 Å². The van der Waals surface area contributed by atoms with Gasteiger partial charge in [-0.2, -0.15) is 0 Å². The largest absolute Gasteiger partial charge is 0.495 e. The lowest BCUT2D eigenvalue weighted by atomic mass is 9.70. The molecule has 2 rings (SSSR count). The van der Waals surface area contributed by atoms with Gasteiger partial charge < -0.3 is 19.8 Å². The molecule has 1 saturated heterocycles. The van der Waals surface area contributed by atoms with Crippen molar-refractivity contribution in [3.63, 3.8) is 0 Å². The maximum absolute atomic E-state index is 11.8. The molecule has 0 unspecified atom stereocenters. The van der Waals surface area contributed by atoms with Gasteiger partial charge in [0.1, 0.15) is 0 Å². The average Bonchev–Trinajstić information content (AvgIpc) is 2.69. The highest BCUT2D eigenvalue weighted by atomic mass is 16.7. The zero-order valence-electron chi connectivity index (χ0n) is 16.0. The van der Waals surface area contributed by atoms with Crippen molar-refractivity contribution in [3.8, 4) is 0 Å². The third-order valence-corrected chi connectivity index (χ3v) is 5.56. The summed E-state index contributed by atoms with van der Waals surface area (Å²) in [7, 11) is 0.883. The van der Waals surface area contributed by atoms with Crippen molar-refractivity contribution < 1.29 is 18.8 Å². The van der Waals surface area contributed by atoms with Crippen molar-refractivity contribution in [1.82, 2.24) is 0 Å². The van der Waals surface area contributed by atoms with Gasteiger partial charge in [0.15, 0.2) is 0 Å². The Bertz CT molecular complexity index is 666. The van der Waals surface area contributed by atoms with Crippen molar-refractivity contribution >= 4 is 24.2 Å². The van der Waals surface area contributed by atoms with Crippen LogP contribution in [0.3, 0.4) is 0 Å². The lowest BCUT2D eigenvalue weighted by Crippen LogP contribution is -2.41. The van der Waals surface area contributed by atoms with Gasteiger partial charge in [0.2, 0.25) is 0 Å². The Hall–Kier alpha value is -1.53. The molecule has 0 bridgehead atoms. The maximum atomic E-state index is 11.8. The van der Waals surface area contributed by atoms with E-state index >= 15 is 0 Å². The van der Waals surface area contributed by atoms with Crippen LogP contribution in [0.15, 0.2) is 0 Å². The summed E-state index contributed by atoms with van der Waals surface area (Å²) < 4.78 is 17.2. The Morgan fingerprint density at radius 2 is 1.54 bits per heavy atom. The van der Waals surface area contributed by atoms with Crippen LogP contribution in [0.2, 0.25) is 0 Å². The van der Waals surface area contributed by atoms with Crippen molar-refractivity contribution in [3.05, 3.63) is 22.3 Å². The van der Waals surface area contributed by atoms with Crippen LogP contribution in [-0.4, -0.2) is 31.4 Å². The fourth-order valence-electron chi connectivity index (χ4n) is 3.11. The molecule has 1 aromatic carbocycles. The number of methoxy groups -OCH3 is 1. The van der Waals surface area contributed by atoms with Crippen molar-refractivity contribution in [1.29, 1.82) is 0 Å². The molecule has 0 atom stereocenters. The lowest BCUT2D eigenvalue weighted by Gasteiger charge is -2.32. The van der Waals surface area contributed by atoms with Crippen LogP contribution in [-0.2, 0) is 25.3 Å². The first-order valence-corrected chi connectivity index (χ1v) is 8.23. The number of hydrogen-bond acceptors (Lipinski definition) is 5. The number of ether oxygens (including phenoxy) is 1. The minimum absolute atomic E-state index is 0.186. The minimum atomic E-state index is -0.505. The van der Waals surface area contributed by atoms with Crippen molar-refractivity contribution in [2.75, 3.05) is 12.8 Å². The molecule has 0 saturated carbocycles. The van der Waals surface area contributed by atoms with Crippen LogP contribution < -0.4 is 11.2 Å². The SMILES string of the molecule is COC(=O)Cc1c(C)c(N)c(C)c(B2OC(C)(C)C(C)(C)O2)c1C. The molecule has 5 nitrogen and oxygen atoms in total. The van der Waals surface area contributed by atoms with Crippen LogP contribution in [0.25, 0.3) is 0 Å². The zero-order valence-corrected chi connectivity index (χ0v) is 16.0. The summed E-state index contributed by atoms with van der Waals surface area (Å²) in [5.41, 5.74) is 10.7. The van der Waals surface area contributed by atoms with Crippen LogP contribution in [0.1, 0.15) is 49.9 Å². The van der Waals surface area contributed by atoms with E-state index in [4.69, 9.17) is 19.8 Å². The molecule has 0 spiro atoms. The number of carbonyl (C=O) groups is 1. The molecule has 2 N–H and O–H groups in total. The summed E-state index contributed by atoms with van der Waals surface area (Å²) in [5, 5.41) is 0. The highest BCUT2D eigenvalue weighted by Crippen LogP contribution is 2.38. The molecule has 6 heteroatoms. The first-order chi connectivity index (χ1) is 10.9. The van der Waals surface area contributed by atoms with Gasteiger partial charge in [-0.3, -0.25) is 4.79 Å². The van der Waals surface area contributed by atoms with Gasteiger partial charge in [0, 0.05) is 5.69 Å². The van der Waals surface area contributed by atoms with E-state index in [1.54, 1.807) is 0 Å². The summed E-state index contributed by atoms with van der Waals surface area (Å²) in [5.74, 6) is -0.288. The quantitative estimate of drug-likeness (QED) is 0.522. The summed E-state index contributed by atoms with van der Waals surface area (Å²) >= 11 is 0. The van der Waals surface area contributed by atoms with E-state index in [0.717, 1.165) is 27.7 Å². The zero-order chi connectivity index (χ0) is 18.4. The molecule has 1 aliphatic rings. The number of rotatable bonds is 3. The Balaban J connectivity index is 2.57. The molecule has 1 heterocycles. The average molecular weight is 333 g/mol. The number of nitrogen functional groups attached to an aromatic ring is 1. The molecular formula is C18H28BNO4. The maximum Gasteiger partial charge on any atom is 0.495 e. The molecule has 24 heavy (non-hydrogen) atoms. The van der Waals surface area contributed by atoms with E-state index in [0.29, 0.717) is 5.69 Å². The van der Waals surface area contributed by atoms with E-state index in [1.807, 2.05) is 48.5 Å². The minimum Gasteiger partial charge on any atom is -0.469 e. The van der Waals surface area contributed by atoms with E-state index in [1.165, 1.54) is 7.11 Å². The Kier molecular flexibility index (Phi) is 4.77. The fourth-order valence-corrected chi connectivity index (χ4v) is 3.11. The van der Waals surface area contributed by atoms with E-state index in [2.05, 4.69) is 0 Å². The normalized spacial score (nSPS) is 18.8. The summed E-state index contributed by atoms with van der Waals surface area (Å²) in [6.07, 6.45) is 0.186. The molecule has 1 fully saturated rings. The second-order valence-corrected chi connectivity index (χ2v) is 7.52. The predicted octanol–water partition coefficient (Wildman–Crippen LogP) is 2.21. The second kappa shape index (κ2) is 6.08. The Labute approximate surface area is 145 Å². The third-order valence-electron chi connectivity index (χ3n) is 5.56. The Morgan fingerprint density at radius 3 is 2.00 bits per heavy atom. The van der Waals surface area contributed by atoms with Crippen molar-refractivity contribution in [2.45, 2.75) is 66.1 Å². The van der Waals surface area contributed by atoms with Gasteiger partial charge in [0.25, 0.3) is 0 Å². The van der Waals surface area contributed by atoms with E-state index < -0.39 is 18.3 Å². The number of carbonyl (C=O) groups excluding carboxylic acids is 1. The molecule has 0 aromatic heterocycles. The summed E-state index contributed by atoms with van der Waals surface area (Å²) in [6.45, 7) is 14.0. The van der Waals surface area contributed by atoms with Crippen molar-refractivity contribution in [2.24, 2.45) is 0 Å². The molecule has 1 aliphatic heterocycles. The van der Waals surface area contributed by atoms with Gasteiger partial charge in [-0.15, -0.1) is 0 Å². The van der Waals surface area contributed by atoms with E-state index in [9.17, 15) is 4.79 Å². The number of hydrogen-bond donors (Lipinski definition) is 1. The monoisotopic (exact) mass is 333 g/mol. The van der Waals surface area contributed by atoms with Crippen LogP contribution in [0, 0.1) is 20.8 Å². The first-order valence-electron chi connectivity index (χ1n) is 8.23. The Morgan fingerprint density at radius 1 is 1.04 bits per heavy atom. The summed E-state index contributed by atoms with van der Waals surface area (Å²) in [4.78, 5) is 11.8. The molecule has 0 amide bonds. The third kappa shape index (κ3) is 2.93. The molecular weight excluding hydrogens is 305 g/mol. The van der Waals surface area contributed by atoms with Gasteiger partial charge in [-0.1, -0.05) is 0 Å². The molecule has 132 valence electrons. The molecule has 1 aromatic rings. The predicted molar refractivity (Wildman–Crippen MR) is 96.5 cm³/mol. The van der Waals surface area contributed by atoms with Gasteiger partial charge >= 0.3 is 13.1 Å². The highest BCUT2D eigenvalue weighted by Gasteiger charge is 2.52. The topological polar surface area (TPSA) is 70.8 Å². The standard InChI is InChI=1S/C18H28BNO4/c1-10-13(9-14(21)22-8)11(2)16(20)12(3)15(10)19-23-17(4,5)18(6,7)24-19/h9,20H2,1-8H3. The van der Waals surface area contributed by atoms with Crippen LogP contribution in [0.5, 0.6) is 0 Å². The molecule has 0 radical (unpaired) electrons. The highest BCUT2D eigenvalue weighted by molar-refractivity contribution is 6.63. The number of esters is 1. The van der Waals surface area contributed by atoms with Gasteiger partial charge in [-0.25, -0.2) is 0 Å². The number of anilines is 1. The lowest BCUT2D eigenvalue weighted by molar-refractivity contribution is -0.139. The first kappa shape index (κ1) is 18.8.